The Hall–Kier alpha value is -0.850. The summed E-state index contributed by atoms with van der Waals surface area (Å²) in [6, 6.07) is 1.97. The Kier molecular flexibility index (Phi) is 3.17. The summed E-state index contributed by atoms with van der Waals surface area (Å²) in [5.41, 5.74) is 5.92. The Morgan fingerprint density at radius 1 is 1.35 bits per heavy atom. The van der Waals surface area contributed by atoms with Crippen LogP contribution in [0.15, 0.2) is 16.6 Å². The van der Waals surface area contributed by atoms with E-state index in [0.29, 0.717) is 11.1 Å². The summed E-state index contributed by atoms with van der Waals surface area (Å²) in [4.78, 5) is 9.88. The molecule has 1 aliphatic rings. The standard InChI is InChI=1S/C11H13N3OS2/c12-9-8-3-6-16-10(8)14-11(13-9)17-7-1-4-15-5-2-7/h3,6-7H,1-2,4-5H2,(H2,12,13,14). The molecule has 0 aromatic carbocycles. The molecule has 1 fully saturated rings. The second-order valence-electron chi connectivity index (χ2n) is 3.96. The molecule has 0 atom stereocenters. The molecule has 4 nitrogen and oxygen atoms in total. The summed E-state index contributed by atoms with van der Waals surface area (Å²) in [6.45, 7) is 1.68. The van der Waals surface area contributed by atoms with Gasteiger partial charge in [-0.25, -0.2) is 9.97 Å². The fourth-order valence-electron chi connectivity index (χ4n) is 1.85. The number of thiophene rings is 1. The summed E-state index contributed by atoms with van der Waals surface area (Å²) in [5.74, 6) is 0.589. The van der Waals surface area contributed by atoms with Crippen LogP contribution in [-0.2, 0) is 4.74 Å². The highest BCUT2D eigenvalue weighted by atomic mass is 32.2. The Morgan fingerprint density at radius 3 is 3.00 bits per heavy atom. The number of ether oxygens (including phenoxy) is 1. The zero-order chi connectivity index (χ0) is 11.7. The van der Waals surface area contributed by atoms with Gasteiger partial charge in [0.15, 0.2) is 5.16 Å². The van der Waals surface area contributed by atoms with E-state index in [0.717, 1.165) is 41.4 Å². The van der Waals surface area contributed by atoms with Gasteiger partial charge in [-0.1, -0.05) is 11.8 Å². The van der Waals surface area contributed by atoms with Crippen molar-refractivity contribution in [2.45, 2.75) is 23.2 Å². The van der Waals surface area contributed by atoms with Crippen LogP contribution in [0.2, 0.25) is 0 Å². The minimum absolute atomic E-state index is 0.556. The van der Waals surface area contributed by atoms with Gasteiger partial charge in [-0.15, -0.1) is 11.3 Å². The van der Waals surface area contributed by atoms with E-state index in [-0.39, 0.29) is 0 Å². The lowest BCUT2D eigenvalue weighted by Crippen LogP contribution is -2.17. The number of hydrogen-bond acceptors (Lipinski definition) is 6. The highest BCUT2D eigenvalue weighted by Crippen LogP contribution is 2.31. The maximum absolute atomic E-state index is 5.92. The van der Waals surface area contributed by atoms with E-state index >= 15 is 0 Å². The van der Waals surface area contributed by atoms with Crippen molar-refractivity contribution in [1.29, 1.82) is 0 Å². The zero-order valence-corrected chi connectivity index (χ0v) is 10.9. The molecular formula is C11H13N3OS2. The van der Waals surface area contributed by atoms with E-state index < -0.39 is 0 Å². The topological polar surface area (TPSA) is 61.0 Å². The molecule has 2 N–H and O–H groups in total. The summed E-state index contributed by atoms with van der Waals surface area (Å²) in [6.07, 6.45) is 2.13. The number of nitrogens with zero attached hydrogens (tertiary/aromatic N) is 2. The monoisotopic (exact) mass is 267 g/mol. The van der Waals surface area contributed by atoms with Gasteiger partial charge in [0.25, 0.3) is 0 Å². The second-order valence-corrected chi connectivity index (χ2v) is 6.12. The Bertz CT molecular complexity index is 522. The summed E-state index contributed by atoms with van der Waals surface area (Å²) in [5, 5.41) is 4.31. The molecule has 90 valence electrons. The molecule has 6 heteroatoms. The van der Waals surface area contributed by atoms with Crippen molar-refractivity contribution in [2.75, 3.05) is 18.9 Å². The van der Waals surface area contributed by atoms with Crippen LogP contribution in [0, 0.1) is 0 Å². The fraction of sp³-hybridized carbons (Fsp3) is 0.455. The van der Waals surface area contributed by atoms with Gasteiger partial charge in [-0.3, -0.25) is 0 Å². The van der Waals surface area contributed by atoms with Gasteiger partial charge in [0.1, 0.15) is 10.6 Å². The molecule has 3 heterocycles. The lowest BCUT2D eigenvalue weighted by atomic mass is 10.2. The number of fused-ring (bicyclic) bond motifs is 1. The largest absolute Gasteiger partial charge is 0.383 e. The molecule has 1 aliphatic heterocycles. The van der Waals surface area contributed by atoms with Crippen LogP contribution < -0.4 is 5.73 Å². The van der Waals surface area contributed by atoms with Crippen LogP contribution in [-0.4, -0.2) is 28.4 Å². The van der Waals surface area contributed by atoms with Crippen molar-refractivity contribution in [3.05, 3.63) is 11.4 Å². The lowest BCUT2D eigenvalue weighted by Gasteiger charge is -2.20. The van der Waals surface area contributed by atoms with Gasteiger partial charge in [0.05, 0.1) is 5.39 Å². The molecule has 0 saturated carbocycles. The molecule has 2 aromatic rings. The number of hydrogen-bond donors (Lipinski definition) is 1. The predicted octanol–water partition coefficient (Wildman–Crippen LogP) is 2.54. The fourth-order valence-corrected chi connectivity index (χ4v) is 3.70. The van der Waals surface area contributed by atoms with E-state index in [1.54, 1.807) is 23.1 Å². The van der Waals surface area contributed by atoms with E-state index in [1.807, 2.05) is 11.4 Å². The average molecular weight is 267 g/mol. The number of anilines is 1. The van der Waals surface area contributed by atoms with Crippen molar-refractivity contribution >= 4 is 39.1 Å². The number of rotatable bonds is 2. The highest BCUT2D eigenvalue weighted by molar-refractivity contribution is 7.99. The van der Waals surface area contributed by atoms with Gasteiger partial charge < -0.3 is 10.5 Å². The van der Waals surface area contributed by atoms with Crippen LogP contribution >= 0.6 is 23.1 Å². The molecule has 17 heavy (non-hydrogen) atoms. The minimum atomic E-state index is 0.556. The first-order valence-corrected chi connectivity index (χ1v) is 7.34. The number of aromatic nitrogens is 2. The van der Waals surface area contributed by atoms with Crippen molar-refractivity contribution < 1.29 is 4.74 Å². The maximum Gasteiger partial charge on any atom is 0.191 e. The number of thioether (sulfide) groups is 1. The number of nitrogens with two attached hydrogens (primary N) is 1. The van der Waals surface area contributed by atoms with Crippen LogP contribution in [0.25, 0.3) is 10.2 Å². The van der Waals surface area contributed by atoms with Crippen molar-refractivity contribution in [3.63, 3.8) is 0 Å². The van der Waals surface area contributed by atoms with Crippen molar-refractivity contribution in [3.8, 4) is 0 Å². The molecule has 2 aromatic heterocycles. The summed E-state index contributed by atoms with van der Waals surface area (Å²) in [7, 11) is 0. The van der Waals surface area contributed by atoms with E-state index in [4.69, 9.17) is 10.5 Å². The zero-order valence-electron chi connectivity index (χ0n) is 9.26. The van der Waals surface area contributed by atoms with E-state index in [1.165, 1.54) is 0 Å². The molecule has 0 unspecified atom stereocenters. The lowest BCUT2D eigenvalue weighted by molar-refractivity contribution is 0.1000. The second kappa shape index (κ2) is 4.80. The molecule has 0 aliphatic carbocycles. The van der Waals surface area contributed by atoms with Crippen LogP contribution in [0.5, 0.6) is 0 Å². The normalized spacial score (nSPS) is 17.6. The van der Waals surface area contributed by atoms with Crippen LogP contribution in [0.3, 0.4) is 0 Å². The summed E-state index contributed by atoms with van der Waals surface area (Å²) >= 11 is 3.33. The number of nitrogen functional groups attached to an aromatic ring is 1. The SMILES string of the molecule is Nc1nc(SC2CCOCC2)nc2sccc12. The first kappa shape index (κ1) is 11.3. The average Bonchev–Trinajstić information content (AvgIpc) is 2.79. The third-order valence-electron chi connectivity index (χ3n) is 2.77. The van der Waals surface area contributed by atoms with Gasteiger partial charge in [-0.05, 0) is 24.3 Å². The van der Waals surface area contributed by atoms with Gasteiger partial charge >= 0.3 is 0 Å². The maximum atomic E-state index is 5.92. The quantitative estimate of drug-likeness (QED) is 0.847. The molecule has 0 amide bonds. The van der Waals surface area contributed by atoms with E-state index in [9.17, 15) is 0 Å². The Labute approximate surface area is 108 Å². The molecule has 0 bridgehead atoms. The van der Waals surface area contributed by atoms with Crippen molar-refractivity contribution in [1.82, 2.24) is 9.97 Å². The van der Waals surface area contributed by atoms with Crippen molar-refractivity contribution in [2.24, 2.45) is 0 Å². The van der Waals surface area contributed by atoms with Crippen LogP contribution in [0.4, 0.5) is 5.82 Å². The van der Waals surface area contributed by atoms with E-state index in [2.05, 4.69) is 9.97 Å². The highest BCUT2D eigenvalue weighted by Gasteiger charge is 2.17. The molecule has 0 spiro atoms. The first-order chi connectivity index (χ1) is 8.33. The van der Waals surface area contributed by atoms with Gasteiger partial charge in [0, 0.05) is 18.5 Å². The Morgan fingerprint density at radius 2 is 2.18 bits per heavy atom. The molecule has 0 radical (unpaired) electrons. The van der Waals surface area contributed by atoms with Gasteiger partial charge in [0.2, 0.25) is 0 Å². The van der Waals surface area contributed by atoms with Gasteiger partial charge in [-0.2, -0.15) is 0 Å². The minimum Gasteiger partial charge on any atom is -0.383 e. The third-order valence-corrected chi connectivity index (χ3v) is 4.78. The third kappa shape index (κ3) is 2.38. The van der Waals surface area contributed by atoms with Crippen LogP contribution in [0.1, 0.15) is 12.8 Å². The smallest absolute Gasteiger partial charge is 0.191 e. The predicted molar refractivity (Wildman–Crippen MR) is 71.5 cm³/mol. The first-order valence-electron chi connectivity index (χ1n) is 5.58. The molecule has 3 rings (SSSR count). The molecule has 1 saturated heterocycles. The Balaban J connectivity index is 1.84. The summed E-state index contributed by atoms with van der Waals surface area (Å²) < 4.78 is 5.34. The molecular weight excluding hydrogens is 254 g/mol.